The van der Waals surface area contributed by atoms with Crippen molar-refractivity contribution >= 4 is 0 Å². The zero-order valence-corrected chi connectivity index (χ0v) is 12.6. The van der Waals surface area contributed by atoms with Crippen LogP contribution in [0, 0.1) is 0 Å². The van der Waals surface area contributed by atoms with E-state index in [9.17, 15) is 0 Å². The molecule has 1 heterocycles. The highest BCUT2D eigenvalue weighted by atomic mass is 16.5. The minimum atomic E-state index is 0.783. The summed E-state index contributed by atoms with van der Waals surface area (Å²) < 4.78 is 10.7. The quantitative estimate of drug-likeness (QED) is 0.859. The molecule has 1 aliphatic rings. The Balaban J connectivity index is 1.73. The molecular formula is C18H21NO2. The van der Waals surface area contributed by atoms with Crippen molar-refractivity contribution in [3.63, 3.8) is 0 Å². The van der Waals surface area contributed by atoms with Crippen LogP contribution in [0.4, 0.5) is 0 Å². The van der Waals surface area contributed by atoms with Crippen LogP contribution in [-0.2, 0) is 19.5 Å². The zero-order chi connectivity index (χ0) is 14.7. The Bertz CT molecular complexity index is 624. The number of fused-ring (bicyclic) bond motifs is 1. The van der Waals surface area contributed by atoms with E-state index in [1.165, 1.54) is 16.7 Å². The van der Waals surface area contributed by atoms with E-state index in [1.54, 1.807) is 14.2 Å². The lowest BCUT2D eigenvalue weighted by atomic mass is 9.99. The van der Waals surface area contributed by atoms with Crippen molar-refractivity contribution in [2.24, 2.45) is 0 Å². The number of nitrogens with zero attached hydrogens (tertiary/aromatic N) is 1. The molecule has 3 nitrogen and oxygen atoms in total. The molecule has 0 fully saturated rings. The number of ether oxygens (including phenoxy) is 2. The number of hydrogen-bond acceptors (Lipinski definition) is 3. The van der Waals surface area contributed by atoms with Gasteiger partial charge in [-0.1, -0.05) is 30.3 Å². The van der Waals surface area contributed by atoms with Crippen LogP contribution in [0.5, 0.6) is 11.5 Å². The Hall–Kier alpha value is -2.00. The summed E-state index contributed by atoms with van der Waals surface area (Å²) in [6.07, 6.45) is 1.13. The molecule has 21 heavy (non-hydrogen) atoms. The Morgan fingerprint density at radius 1 is 0.952 bits per heavy atom. The molecule has 0 radical (unpaired) electrons. The average Bonchev–Trinajstić information content (AvgIpc) is 2.54. The van der Waals surface area contributed by atoms with E-state index in [-0.39, 0.29) is 0 Å². The smallest absolute Gasteiger partial charge is 0.161 e. The lowest BCUT2D eigenvalue weighted by Gasteiger charge is -2.28. The van der Waals surface area contributed by atoms with Crippen molar-refractivity contribution < 1.29 is 9.47 Å². The molecule has 0 atom stereocenters. The van der Waals surface area contributed by atoms with Crippen LogP contribution in [0.15, 0.2) is 42.5 Å². The number of hydrogen-bond donors (Lipinski definition) is 0. The first-order chi connectivity index (χ1) is 10.3. The summed E-state index contributed by atoms with van der Waals surface area (Å²) in [6, 6.07) is 14.9. The van der Waals surface area contributed by atoms with Gasteiger partial charge >= 0.3 is 0 Å². The van der Waals surface area contributed by atoms with E-state index < -0.39 is 0 Å². The molecule has 2 aromatic carbocycles. The van der Waals surface area contributed by atoms with Gasteiger partial charge in [0.25, 0.3) is 0 Å². The monoisotopic (exact) mass is 283 g/mol. The van der Waals surface area contributed by atoms with Gasteiger partial charge in [-0.3, -0.25) is 4.90 Å². The Labute approximate surface area is 126 Å². The van der Waals surface area contributed by atoms with E-state index in [1.807, 2.05) is 6.07 Å². The van der Waals surface area contributed by atoms with E-state index in [0.717, 1.165) is 37.6 Å². The van der Waals surface area contributed by atoms with E-state index in [4.69, 9.17) is 9.47 Å². The predicted molar refractivity (Wildman–Crippen MR) is 83.8 cm³/mol. The van der Waals surface area contributed by atoms with Crippen LogP contribution in [-0.4, -0.2) is 25.7 Å². The molecule has 3 heteroatoms. The molecule has 0 amide bonds. The van der Waals surface area contributed by atoms with Crippen molar-refractivity contribution in [3.05, 3.63) is 59.2 Å². The average molecular weight is 283 g/mol. The van der Waals surface area contributed by atoms with Gasteiger partial charge in [0.1, 0.15) is 0 Å². The normalized spacial score (nSPS) is 14.6. The molecular weight excluding hydrogens is 262 g/mol. The lowest BCUT2D eigenvalue weighted by molar-refractivity contribution is 0.245. The van der Waals surface area contributed by atoms with Crippen molar-refractivity contribution in [1.82, 2.24) is 4.90 Å². The molecule has 0 saturated heterocycles. The first kappa shape index (κ1) is 14.0. The molecule has 1 aliphatic heterocycles. The standard InChI is InChI=1S/C18H21NO2/c1-20-17-8-7-14(11-18(17)21-2)12-19-10-9-15-5-3-4-6-16(15)13-19/h3-8,11H,9-10,12-13H2,1-2H3. The maximum absolute atomic E-state index is 5.38. The molecule has 0 bridgehead atoms. The summed E-state index contributed by atoms with van der Waals surface area (Å²) in [5.74, 6) is 1.58. The van der Waals surface area contributed by atoms with Crippen molar-refractivity contribution in [3.8, 4) is 11.5 Å². The summed E-state index contributed by atoms with van der Waals surface area (Å²) in [5, 5.41) is 0. The Morgan fingerprint density at radius 2 is 1.71 bits per heavy atom. The summed E-state index contributed by atoms with van der Waals surface area (Å²) in [5.41, 5.74) is 4.19. The van der Waals surface area contributed by atoms with Crippen molar-refractivity contribution in [1.29, 1.82) is 0 Å². The summed E-state index contributed by atoms with van der Waals surface area (Å²) in [7, 11) is 3.35. The minimum Gasteiger partial charge on any atom is -0.493 e. The van der Waals surface area contributed by atoms with Crippen molar-refractivity contribution in [2.75, 3.05) is 20.8 Å². The molecule has 0 saturated carbocycles. The number of benzene rings is 2. The highest BCUT2D eigenvalue weighted by molar-refractivity contribution is 5.43. The van der Waals surface area contributed by atoms with E-state index in [0.29, 0.717) is 0 Å². The zero-order valence-electron chi connectivity index (χ0n) is 12.6. The van der Waals surface area contributed by atoms with Crippen LogP contribution in [0.25, 0.3) is 0 Å². The summed E-state index contributed by atoms with van der Waals surface area (Å²) in [6.45, 7) is 3.06. The minimum absolute atomic E-state index is 0.783. The predicted octanol–water partition coefficient (Wildman–Crippen LogP) is 3.26. The topological polar surface area (TPSA) is 21.7 Å². The second kappa shape index (κ2) is 6.19. The molecule has 0 aromatic heterocycles. The van der Waals surface area contributed by atoms with Gasteiger partial charge in [0.2, 0.25) is 0 Å². The van der Waals surface area contributed by atoms with Crippen LogP contribution >= 0.6 is 0 Å². The molecule has 0 aliphatic carbocycles. The fraction of sp³-hybridized carbons (Fsp3) is 0.333. The largest absolute Gasteiger partial charge is 0.493 e. The first-order valence-corrected chi connectivity index (χ1v) is 7.30. The SMILES string of the molecule is COc1ccc(CN2CCc3ccccc3C2)cc1OC. The van der Waals surface area contributed by atoms with Gasteiger partial charge in [-0.05, 0) is 35.2 Å². The third-order valence-corrected chi connectivity index (χ3v) is 4.06. The van der Waals surface area contributed by atoms with Gasteiger partial charge < -0.3 is 9.47 Å². The Kier molecular flexibility index (Phi) is 4.11. The van der Waals surface area contributed by atoms with E-state index >= 15 is 0 Å². The van der Waals surface area contributed by atoms with Gasteiger partial charge in [-0.2, -0.15) is 0 Å². The summed E-state index contributed by atoms with van der Waals surface area (Å²) in [4.78, 5) is 2.48. The van der Waals surface area contributed by atoms with Crippen LogP contribution < -0.4 is 9.47 Å². The third-order valence-electron chi connectivity index (χ3n) is 4.06. The molecule has 0 N–H and O–H groups in total. The second-order valence-corrected chi connectivity index (χ2v) is 5.42. The van der Waals surface area contributed by atoms with Gasteiger partial charge in [0.15, 0.2) is 11.5 Å². The molecule has 0 unspecified atom stereocenters. The second-order valence-electron chi connectivity index (χ2n) is 5.42. The van der Waals surface area contributed by atoms with Gasteiger partial charge in [0.05, 0.1) is 14.2 Å². The molecule has 3 rings (SSSR count). The van der Waals surface area contributed by atoms with Gasteiger partial charge in [0, 0.05) is 19.6 Å². The maximum atomic E-state index is 5.38. The highest BCUT2D eigenvalue weighted by Crippen LogP contribution is 2.29. The number of rotatable bonds is 4. The molecule has 2 aromatic rings. The van der Waals surface area contributed by atoms with Crippen LogP contribution in [0.2, 0.25) is 0 Å². The van der Waals surface area contributed by atoms with Gasteiger partial charge in [-0.15, -0.1) is 0 Å². The Morgan fingerprint density at radius 3 is 2.48 bits per heavy atom. The summed E-state index contributed by atoms with van der Waals surface area (Å²) >= 11 is 0. The van der Waals surface area contributed by atoms with Crippen molar-refractivity contribution in [2.45, 2.75) is 19.5 Å². The number of methoxy groups -OCH3 is 2. The highest BCUT2D eigenvalue weighted by Gasteiger charge is 2.16. The van der Waals surface area contributed by atoms with Crippen LogP contribution in [0.1, 0.15) is 16.7 Å². The fourth-order valence-corrected chi connectivity index (χ4v) is 2.93. The fourth-order valence-electron chi connectivity index (χ4n) is 2.93. The lowest BCUT2D eigenvalue weighted by Crippen LogP contribution is -2.29. The first-order valence-electron chi connectivity index (χ1n) is 7.30. The third kappa shape index (κ3) is 3.03. The molecule has 110 valence electrons. The van der Waals surface area contributed by atoms with Gasteiger partial charge in [-0.25, -0.2) is 0 Å². The molecule has 0 spiro atoms. The van der Waals surface area contributed by atoms with Crippen LogP contribution in [0.3, 0.4) is 0 Å². The maximum Gasteiger partial charge on any atom is 0.161 e. The van der Waals surface area contributed by atoms with E-state index in [2.05, 4.69) is 41.3 Å².